The van der Waals surface area contributed by atoms with Gasteiger partial charge in [-0.3, -0.25) is 0 Å². The second-order valence-electron chi connectivity index (χ2n) is 5.16. The summed E-state index contributed by atoms with van der Waals surface area (Å²) in [5, 5.41) is 0. The highest BCUT2D eigenvalue weighted by Gasteiger charge is 2.26. The summed E-state index contributed by atoms with van der Waals surface area (Å²) in [6.07, 6.45) is 4.40. The van der Waals surface area contributed by atoms with Crippen molar-refractivity contribution in [3.63, 3.8) is 0 Å². The minimum atomic E-state index is 0.0446. The Morgan fingerprint density at radius 2 is 2.28 bits per heavy atom. The molecule has 0 bridgehead atoms. The molecule has 0 aromatic carbocycles. The van der Waals surface area contributed by atoms with Crippen molar-refractivity contribution in [2.45, 2.75) is 44.9 Å². The van der Waals surface area contributed by atoms with Crippen LogP contribution >= 0.6 is 0 Å². The molecule has 18 heavy (non-hydrogen) atoms. The Morgan fingerprint density at radius 1 is 1.50 bits per heavy atom. The van der Waals surface area contributed by atoms with Crippen LogP contribution < -0.4 is 10.6 Å². The van der Waals surface area contributed by atoms with Gasteiger partial charge in [-0.15, -0.1) is 0 Å². The predicted molar refractivity (Wildman–Crippen MR) is 73.7 cm³/mol. The van der Waals surface area contributed by atoms with Crippen molar-refractivity contribution < 1.29 is 4.74 Å². The van der Waals surface area contributed by atoms with Crippen LogP contribution in [-0.4, -0.2) is 30.8 Å². The first-order valence-corrected chi connectivity index (χ1v) is 6.62. The molecule has 0 radical (unpaired) electrons. The van der Waals surface area contributed by atoms with E-state index in [4.69, 9.17) is 10.5 Å². The van der Waals surface area contributed by atoms with Gasteiger partial charge in [-0.25, -0.2) is 4.98 Å². The maximum Gasteiger partial charge on any atom is 0.128 e. The monoisotopic (exact) mass is 249 g/mol. The van der Waals surface area contributed by atoms with Gasteiger partial charge in [0.25, 0.3) is 0 Å². The molecule has 1 aromatic heterocycles. The lowest BCUT2D eigenvalue weighted by molar-refractivity contribution is 0.0719. The number of anilines is 1. The molecule has 0 aliphatic carbocycles. The van der Waals surface area contributed by atoms with Crippen molar-refractivity contribution in [3.8, 4) is 0 Å². The van der Waals surface area contributed by atoms with Gasteiger partial charge in [0.1, 0.15) is 5.82 Å². The second kappa shape index (κ2) is 5.67. The number of pyridine rings is 1. The molecule has 3 unspecified atom stereocenters. The van der Waals surface area contributed by atoms with Gasteiger partial charge in [0.15, 0.2) is 0 Å². The molecule has 2 N–H and O–H groups in total. The third kappa shape index (κ3) is 2.82. The smallest absolute Gasteiger partial charge is 0.128 e. The number of hydrogen-bond donors (Lipinski definition) is 1. The number of piperidine rings is 1. The molecule has 1 aromatic rings. The summed E-state index contributed by atoms with van der Waals surface area (Å²) in [5.74, 6) is 1.04. The van der Waals surface area contributed by atoms with E-state index in [-0.39, 0.29) is 6.04 Å². The Kier molecular flexibility index (Phi) is 4.19. The maximum atomic E-state index is 5.84. The van der Waals surface area contributed by atoms with Crippen molar-refractivity contribution in [2.24, 2.45) is 5.73 Å². The number of methoxy groups -OCH3 is 1. The highest BCUT2D eigenvalue weighted by molar-refractivity contribution is 5.41. The second-order valence-corrected chi connectivity index (χ2v) is 5.16. The number of nitrogens with zero attached hydrogens (tertiary/aromatic N) is 2. The summed E-state index contributed by atoms with van der Waals surface area (Å²) in [4.78, 5) is 6.88. The number of aromatic nitrogens is 1. The predicted octanol–water partition coefficient (Wildman–Crippen LogP) is 2.10. The van der Waals surface area contributed by atoms with E-state index in [1.807, 2.05) is 13.1 Å². The van der Waals surface area contributed by atoms with E-state index < -0.39 is 0 Å². The quantitative estimate of drug-likeness (QED) is 0.891. The molecule has 4 nitrogen and oxygen atoms in total. The largest absolute Gasteiger partial charge is 0.381 e. The third-order valence-electron chi connectivity index (χ3n) is 3.75. The minimum Gasteiger partial charge on any atom is -0.381 e. The molecule has 100 valence electrons. The molecule has 2 rings (SSSR count). The number of ether oxygens (including phenoxy) is 1. The molecule has 0 amide bonds. The van der Waals surface area contributed by atoms with E-state index in [0.717, 1.165) is 30.8 Å². The van der Waals surface area contributed by atoms with E-state index in [1.165, 1.54) is 0 Å². The van der Waals surface area contributed by atoms with Gasteiger partial charge < -0.3 is 15.4 Å². The average Bonchev–Trinajstić information content (AvgIpc) is 2.38. The first-order valence-electron chi connectivity index (χ1n) is 6.62. The van der Waals surface area contributed by atoms with Crippen LogP contribution in [0.5, 0.6) is 0 Å². The normalized spacial score (nSPS) is 26.1. The first-order chi connectivity index (χ1) is 8.61. The SMILES string of the molecule is COC1CCN(c2ccc(C(C)N)cn2)C(C)C1. The van der Waals surface area contributed by atoms with Crippen molar-refractivity contribution in [1.29, 1.82) is 0 Å². The summed E-state index contributed by atoms with van der Waals surface area (Å²) < 4.78 is 5.43. The lowest BCUT2D eigenvalue weighted by Crippen LogP contribution is -2.43. The summed E-state index contributed by atoms with van der Waals surface area (Å²) >= 11 is 0. The third-order valence-corrected chi connectivity index (χ3v) is 3.75. The number of rotatable bonds is 3. The number of hydrogen-bond acceptors (Lipinski definition) is 4. The zero-order valence-corrected chi connectivity index (χ0v) is 11.5. The zero-order chi connectivity index (χ0) is 13.1. The lowest BCUT2D eigenvalue weighted by atomic mass is 10.0. The molecular weight excluding hydrogens is 226 g/mol. The molecule has 1 aliphatic rings. The van der Waals surface area contributed by atoms with Crippen molar-refractivity contribution in [3.05, 3.63) is 23.9 Å². The minimum absolute atomic E-state index is 0.0446. The van der Waals surface area contributed by atoms with E-state index in [0.29, 0.717) is 12.1 Å². The van der Waals surface area contributed by atoms with Crippen LogP contribution in [0, 0.1) is 0 Å². The van der Waals surface area contributed by atoms with Crippen molar-refractivity contribution in [2.75, 3.05) is 18.6 Å². The highest BCUT2D eigenvalue weighted by atomic mass is 16.5. The topological polar surface area (TPSA) is 51.4 Å². The fraction of sp³-hybridized carbons (Fsp3) is 0.643. The standard InChI is InChI=1S/C14H23N3O/c1-10-8-13(18-3)6-7-17(10)14-5-4-12(9-16-14)11(2)15/h4-5,9-11,13H,6-8,15H2,1-3H3. The molecule has 1 saturated heterocycles. The van der Waals surface area contributed by atoms with Crippen molar-refractivity contribution >= 4 is 5.82 Å². The maximum absolute atomic E-state index is 5.84. The fourth-order valence-electron chi connectivity index (χ4n) is 2.52. The molecule has 2 heterocycles. The summed E-state index contributed by atoms with van der Waals surface area (Å²) in [5.41, 5.74) is 6.92. The van der Waals surface area contributed by atoms with Gasteiger partial charge in [0, 0.05) is 31.9 Å². The van der Waals surface area contributed by atoms with Crippen LogP contribution in [0.3, 0.4) is 0 Å². The van der Waals surface area contributed by atoms with Crippen LogP contribution in [-0.2, 0) is 4.74 Å². The molecule has 1 fully saturated rings. The van der Waals surface area contributed by atoms with E-state index in [9.17, 15) is 0 Å². The molecule has 0 spiro atoms. The van der Waals surface area contributed by atoms with Gasteiger partial charge in [0.05, 0.1) is 6.10 Å². The fourth-order valence-corrected chi connectivity index (χ4v) is 2.52. The van der Waals surface area contributed by atoms with Crippen LogP contribution in [0.2, 0.25) is 0 Å². The van der Waals surface area contributed by atoms with Crippen LogP contribution in [0.1, 0.15) is 38.3 Å². The Labute approximate surface area is 109 Å². The zero-order valence-electron chi connectivity index (χ0n) is 11.5. The van der Waals surface area contributed by atoms with Gasteiger partial charge in [-0.05, 0) is 38.3 Å². The Morgan fingerprint density at radius 3 is 2.78 bits per heavy atom. The van der Waals surface area contributed by atoms with Gasteiger partial charge in [0.2, 0.25) is 0 Å². The molecule has 4 heteroatoms. The van der Waals surface area contributed by atoms with E-state index in [1.54, 1.807) is 7.11 Å². The van der Waals surface area contributed by atoms with Gasteiger partial charge in [-0.1, -0.05) is 6.07 Å². The lowest BCUT2D eigenvalue weighted by Gasteiger charge is -2.38. The van der Waals surface area contributed by atoms with E-state index >= 15 is 0 Å². The van der Waals surface area contributed by atoms with Crippen LogP contribution in [0.4, 0.5) is 5.82 Å². The molecule has 0 saturated carbocycles. The first kappa shape index (κ1) is 13.3. The van der Waals surface area contributed by atoms with Crippen LogP contribution in [0.25, 0.3) is 0 Å². The summed E-state index contributed by atoms with van der Waals surface area (Å²) in [6, 6.07) is 4.66. The Hall–Kier alpha value is -1.13. The number of nitrogens with two attached hydrogens (primary N) is 1. The van der Waals surface area contributed by atoms with Gasteiger partial charge >= 0.3 is 0 Å². The van der Waals surface area contributed by atoms with Crippen LogP contribution in [0.15, 0.2) is 18.3 Å². The summed E-state index contributed by atoms with van der Waals surface area (Å²) in [7, 11) is 1.79. The Bertz CT molecular complexity index is 377. The molecule has 3 atom stereocenters. The average molecular weight is 249 g/mol. The van der Waals surface area contributed by atoms with E-state index in [2.05, 4.69) is 28.9 Å². The summed E-state index contributed by atoms with van der Waals surface area (Å²) in [6.45, 7) is 5.21. The van der Waals surface area contributed by atoms with Gasteiger partial charge in [-0.2, -0.15) is 0 Å². The molecule has 1 aliphatic heterocycles. The molecular formula is C14H23N3O. The highest BCUT2D eigenvalue weighted by Crippen LogP contribution is 2.25. The Balaban J connectivity index is 2.07. The van der Waals surface area contributed by atoms with Crippen molar-refractivity contribution in [1.82, 2.24) is 4.98 Å².